The smallest absolute Gasteiger partial charge is 0.228 e. The van der Waals surface area contributed by atoms with E-state index in [1.165, 1.54) is 10.4 Å². The average molecular weight is 330 g/mol. The lowest BCUT2D eigenvalue weighted by molar-refractivity contribution is -0.117. The second-order valence-corrected chi connectivity index (χ2v) is 8.29. The first-order valence-electron chi connectivity index (χ1n) is 8.10. The highest BCUT2D eigenvalue weighted by Crippen LogP contribution is 2.43. The Bertz CT molecular complexity index is 737. The van der Waals surface area contributed by atoms with Crippen LogP contribution < -0.4 is 4.90 Å². The molecule has 2 fully saturated rings. The van der Waals surface area contributed by atoms with Gasteiger partial charge in [0.25, 0.3) is 0 Å². The predicted octanol–water partition coefficient (Wildman–Crippen LogP) is 2.42. The largest absolute Gasteiger partial charge is 0.303 e. The van der Waals surface area contributed by atoms with Gasteiger partial charge in [-0.3, -0.25) is 14.4 Å². The van der Waals surface area contributed by atoms with E-state index in [1.807, 2.05) is 22.8 Å². The molecule has 0 unspecified atom stereocenters. The number of thiophene rings is 1. The van der Waals surface area contributed by atoms with Crippen LogP contribution in [0.1, 0.15) is 23.3 Å². The molecule has 6 heteroatoms. The molecule has 5 nitrogen and oxygen atoms in total. The van der Waals surface area contributed by atoms with E-state index in [4.69, 9.17) is 0 Å². The van der Waals surface area contributed by atoms with Crippen molar-refractivity contribution in [2.24, 2.45) is 12.5 Å². The third-order valence-electron chi connectivity index (χ3n) is 4.99. The Labute approximate surface area is 140 Å². The van der Waals surface area contributed by atoms with Gasteiger partial charge in [0, 0.05) is 55.2 Å². The molecule has 1 spiro atoms. The van der Waals surface area contributed by atoms with Gasteiger partial charge in [-0.05, 0) is 32.0 Å². The second kappa shape index (κ2) is 5.46. The predicted molar refractivity (Wildman–Crippen MR) is 91.6 cm³/mol. The van der Waals surface area contributed by atoms with Crippen LogP contribution in [0.4, 0.5) is 5.00 Å². The molecular weight excluding hydrogens is 308 g/mol. The summed E-state index contributed by atoms with van der Waals surface area (Å²) in [7, 11) is 1.95. The highest BCUT2D eigenvalue weighted by Gasteiger charge is 2.47. The van der Waals surface area contributed by atoms with Crippen molar-refractivity contribution >= 4 is 22.2 Å². The molecule has 0 aromatic carbocycles. The van der Waals surface area contributed by atoms with E-state index in [9.17, 15) is 4.79 Å². The van der Waals surface area contributed by atoms with Crippen molar-refractivity contribution in [2.45, 2.75) is 26.3 Å². The Morgan fingerprint density at radius 3 is 2.91 bits per heavy atom. The Hall–Kier alpha value is -1.66. The fourth-order valence-electron chi connectivity index (χ4n) is 3.91. The van der Waals surface area contributed by atoms with Crippen LogP contribution in [0.15, 0.2) is 24.5 Å². The summed E-state index contributed by atoms with van der Waals surface area (Å²) in [5.41, 5.74) is 1.39. The van der Waals surface area contributed by atoms with Gasteiger partial charge in [0.2, 0.25) is 5.91 Å². The fourth-order valence-corrected chi connectivity index (χ4v) is 4.79. The van der Waals surface area contributed by atoms with Crippen LogP contribution in [0.3, 0.4) is 0 Å². The molecule has 0 radical (unpaired) electrons. The van der Waals surface area contributed by atoms with Crippen molar-refractivity contribution in [3.05, 3.63) is 35.0 Å². The van der Waals surface area contributed by atoms with Gasteiger partial charge in [0.1, 0.15) is 0 Å². The molecule has 2 aromatic heterocycles. The van der Waals surface area contributed by atoms with E-state index >= 15 is 0 Å². The van der Waals surface area contributed by atoms with E-state index in [-0.39, 0.29) is 11.3 Å². The maximum atomic E-state index is 12.5. The van der Waals surface area contributed by atoms with E-state index in [2.05, 4.69) is 35.3 Å². The van der Waals surface area contributed by atoms with Crippen LogP contribution >= 0.6 is 11.3 Å². The van der Waals surface area contributed by atoms with Crippen molar-refractivity contribution in [2.75, 3.05) is 24.5 Å². The number of carbonyl (C=O) groups excluding carboxylic acids is 1. The number of carbonyl (C=O) groups is 1. The number of hydrogen-bond donors (Lipinski definition) is 0. The fraction of sp³-hybridized carbons (Fsp3) is 0.529. The van der Waals surface area contributed by atoms with Gasteiger partial charge in [-0.2, -0.15) is 5.10 Å². The third-order valence-corrected chi connectivity index (χ3v) is 6.02. The second-order valence-electron chi connectivity index (χ2n) is 7.02. The zero-order valence-corrected chi connectivity index (χ0v) is 14.5. The molecule has 0 N–H and O–H groups in total. The summed E-state index contributed by atoms with van der Waals surface area (Å²) in [6.45, 7) is 5.97. The third kappa shape index (κ3) is 2.81. The number of likely N-dealkylation sites (tertiary alicyclic amines) is 1. The zero-order valence-electron chi connectivity index (χ0n) is 13.7. The van der Waals surface area contributed by atoms with Crippen molar-refractivity contribution in [3.63, 3.8) is 0 Å². The summed E-state index contributed by atoms with van der Waals surface area (Å²) in [6, 6.07) is 4.18. The molecular formula is C17H22N4OS. The molecule has 2 aliphatic rings. The molecule has 23 heavy (non-hydrogen) atoms. The van der Waals surface area contributed by atoms with Crippen LogP contribution in [0.25, 0.3) is 0 Å². The molecule has 2 saturated heterocycles. The van der Waals surface area contributed by atoms with E-state index in [0.29, 0.717) is 6.42 Å². The minimum Gasteiger partial charge on any atom is -0.303 e. The Kier molecular flexibility index (Phi) is 3.54. The minimum atomic E-state index is 0.136. The van der Waals surface area contributed by atoms with Crippen LogP contribution in [0.2, 0.25) is 0 Å². The maximum Gasteiger partial charge on any atom is 0.228 e. The molecule has 4 rings (SSSR count). The molecule has 2 aliphatic heterocycles. The van der Waals surface area contributed by atoms with Gasteiger partial charge in [-0.1, -0.05) is 0 Å². The lowest BCUT2D eigenvalue weighted by Gasteiger charge is -2.23. The number of aromatic nitrogens is 2. The lowest BCUT2D eigenvalue weighted by Crippen LogP contribution is -2.30. The summed E-state index contributed by atoms with van der Waals surface area (Å²) >= 11 is 1.72. The first kappa shape index (κ1) is 14.9. The van der Waals surface area contributed by atoms with Gasteiger partial charge < -0.3 is 4.90 Å². The number of anilines is 1. The normalized spacial score (nSPS) is 25.1. The van der Waals surface area contributed by atoms with Gasteiger partial charge >= 0.3 is 0 Å². The van der Waals surface area contributed by atoms with Crippen molar-refractivity contribution in [1.29, 1.82) is 0 Å². The highest BCUT2D eigenvalue weighted by molar-refractivity contribution is 7.16. The Morgan fingerprint density at radius 1 is 1.35 bits per heavy atom. The number of hydrogen-bond acceptors (Lipinski definition) is 4. The molecule has 0 saturated carbocycles. The van der Waals surface area contributed by atoms with Gasteiger partial charge in [-0.15, -0.1) is 11.3 Å². The maximum absolute atomic E-state index is 12.5. The van der Waals surface area contributed by atoms with Gasteiger partial charge in [-0.25, -0.2) is 0 Å². The first-order valence-corrected chi connectivity index (χ1v) is 8.91. The summed E-state index contributed by atoms with van der Waals surface area (Å²) in [5, 5.41) is 5.35. The van der Waals surface area contributed by atoms with Crippen LogP contribution in [0.5, 0.6) is 0 Å². The SMILES string of the molecule is Cc1ccc(N2C[C@]3(CCN(Cc4cnn(C)c4)C3)CC2=O)s1. The number of aryl methyl sites for hydroxylation is 2. The molecule has 122 valence electrons. The topological polar surface area (TPSA) is 41.4 Å². The quantitative estimate of drug-likeness (QED) is 0.868. The summed E-state index contributed by atoms with van der Waals surface area (Å²) in [4.78, 5) is 18.2. The highest BCUT2D eigenvalue weighted by atomic mass is 32.1. The van der Waals surface area contributed by atoms with Crippen molar-refractivity contribution < 1.29 is 4.79 Å². The van der Waals surface area contributed by atoms with Crippen LogP contribution in [-0.2, 0) is 18.4 Å². The number of nitrogens with zero attached hydrogens (tertiary/aromatic N) is 4. The molecule has 2 aromatic rings. The Balaban J connectivity index is 1.45. The van der Waals surface area contributed by atoms with E-state index < -0.39 is 0 Å². The van der Waals surface area contributed by atoms with Crippen molar-refractivity contribution in [1.82, 2.24) is 14.7 Å². The lowest BCUT2D eigenvalue weighted by atomic mass is 9.86. The first-order chi connectivity index (χ1) is 11.0. The standard InChI is InChI=1S/C17H22N4OS/c1-13-3-4-16(23-13)21-12-17(7-15(21)22)5-6-20(11-17)10-14-8-18-19(2)9-14/h3-4,8-9H,5-7,10-12H2,1-2H3/t17-/m1/s1. The van der Waals surface area contributed by atoms with E-state index in [0.717, 1.165) is 37.6 Å². The summed E-state index contributed by atoms with van der Waals surface area (Å²) in [5.74, 6) is 0.287. The number of rotatable bonds is 3. The summed E-state index contributed by atoms with van der Waals surface area (Å²) in [6.07, 6.45) is 5.81. The van der Waals surface area contributed by atoms with Gasteiger partial charge in [0.15, 0.2) is 0 Å². The van der Waals surface area contributed by atoms with Crippen LogP contribution in [0, 0.1) is 12.3 Å². The molecule has 1 atom stereocenters. The Morgan fingerprint density at radius 2 is 2.22 bits per heavy atom. The molecule has 0 aliphatic carbocycles. The molecule has 1 amide bonds. The molecule has 0 bridgehead atoms. The minimum absolute atomic E-state index is 0.136. The van der Waals surface area contributed by atoms with Gasteiger partial charge in [0.05, 0.1) is 11.2 Å². The zero-order chi connectivity index (χ0) is 16.0. The van der Waals surface area contributed by atoms with Crippen LogP contribution in [-0.4, -0.2) is 40.2 Å². The van der Waals surface area contributed by atoms with Crippen molar-refractivity contribution in [3.8, 4) is 0 Å². The summed E-state index contributed by atoms with van der Waals surface area (Å²) < 4.78 is 1.85. The average Bonchev–Trinajstić information content (AvgIpc) is 3.23. The molecule has 4 heterocycles. The van der Waals surface area contributed by atoms with E-state index in [1.54, 1.807) is 11.3 Å². The monoisotopic (exact) mass is 330 g/mol. The number of amides is 1.